The standard InChI is InChI=1S/C12H7BrO4/c13-10-3-1-7(12(15)16)5-9(10)11-4-2-8(6-14)17-11/h1-6H,(H,15,16). The van der Waals surface area contributed by atoms with E-state index in [9.17, 15) is 9.59 Å². The first-order valence-electron chi connectivity index (χ1n) is 4.70. The minimum Gasteiger partial charge on any atom is -0.478 e. The maximum absolute atomic E-state index is 10.9. The third kappa shape index (κ3) is 2.29. The quantitative estimate of drug-likeness (QED) is 0.883. The molecule has 1 aromatic carbocycles. The van der Waals surface area contributed by atoms with Gasteiger partial charge in [0.15, 0.2) is 12.0 Å². The smallest absolute Gasteiger partial charge is 0.335 e. The van der Waals surface area contributed by atoms with Gasteiger partial charge >= 0.3 is 5.97 Å². The van der Waals surface area contributed by atoms with Crippen molar-refractivity contribution in [2.24, 2.45) is 0 Å². The molecule has 17 heavy (non-hydrogen) atoms. The molecule has 86 valence electrons. The highest BCUT2D eigenvalue weighted by atomic mass is 79.9. The number of benzene rings is 1. The third-order valence-corrected chi connectivity index (χ3v) is 2.91. The molecule has 1 aromatic heterocycles. The highest BCUT2D eigenvalue weighted by Crippen LogP contribution is 2.30. The van der Waals surface area contributed by atoms with E-state index in [1.807, 2.05) is 0 Å². The number of carbonyl (C=O) groups excluding carboxylic acids is 1. The van der Waals surface area contributed by atoms with E-state index in [0.29, 0.717) is 22.1 Å². The van der Waals surface area contributed by atoms with Crippen LogP contribution in [0.3, 0.4) is 0 Å². The van der Waals surface area contributed by atoms with E-state index in [-0.39, 0.29) is 11.3 Å². The summed E-state index contributed by atoms with van der Waals surface area (Å²) < 4.78 is 5.95. The Hall–Kier alpha value is -1.88. The van der Waals surface area contributed by atoms with Crippen molar-refractivity contribution in [3.63, 3.8) is 0 Å². The fraction of sp³-hybridized carbons (Fsp3) is 0. The number of furan rings is 1. The first-order chi connectivity index (χ1) is 8.11. The largest absolute Gasteiger partial charge is 0.478 e. The number of carbonyl (C=O) groups is 2. The maximum Gasteiger partial charge on any atom is 0.335 e. The van der Waals surface area contributed by atoms with Crippen LogP contribution in [0.4, 0.5) is 0 Å². The second kappa shape index (κ2) is 4.55. The molecule has 0 amide bonds. The fourth-order valence-corrected chi connectivity index (χ4v) is 1.85. The molecule has 0 aliphatic rings. The lowest BCUT2D eigenvalue weighted by atomic mass is 10.1. The van der Waals surface area contributed by atoms with Crippen LogP contribution in [0.5, 0.6) is 0 Å². The Morgan fingerprint density at radius 2 is 2.06 bits per heavy atom. The van der Waals surface area contributed by atoms with Gasteiger partial charge in [-0.05, 0) is 30.3 Å². The average Bonchev–Trinajstić information content (AvgIpc) is 2.77. The van der Waals surface area contributed by atoms with Gasteiger partial charge in [0.25, 0.3) is 0 Å². The zero-order valence-corrected chi connectivity index (χ0v) is 10.1. The molecule has 0 saturated carbocycles. The summed E-state index contributed by atoms with van der Waals surface area (Å²) >= 11 is 3.31. The number of carboxylic acids is 1. The molecule has 2 aromatic rings. The van der Waals surface area contributed by atoms with Gasteiger partial charge in [0.05, 0.1) is 5.56 Å². The van der Waals surface area contributed by atoms with Gasteiger partial charge in [-0.15, -0.1) is 0 Å². The van der Waals surface area contributed by atoms with E-state index < -0.39 is 5.97 Å². The van der Waals surface area contributed by atoms with Crippen molar-refractivity contribution in [3.05, 3.63) is 46.1 Å². The first-order valence-corrected chi connectivity index (χ1v) is 5.49. The summed E-state index contributed by atoms with van der Waals surface area (Å²) in [5.74, 6) is -0.365. The molecule has 0 unspecified atom stereocenters. The number of rotatable bonds is 3. The average molecular weight is 295 g/mol. The predicted molar refractivity (Wildman–Crippen MR) is 64.2 cm³/mol. The molecule has 0 aliphatic carbocycles. The lowest BCUT2D eigenvalue weighted by Crippen LogP contribution is -1.96. The number of aldehydes is 1. The third-order valence-electron chi connectivity index (χ3n) is 2.22. The Morgan fingerprint density at radius 1 is 1.29 bits per heavy atom. The topological polar surface area (TPSA) is 67.5 Å². The number of aromatic carboxylic acids is 1. The molecule has 0 bridgehead atoms. The molecule has 0 aliphatic heterocycles. The van der Waals surface area contributed by atoms with Crippen LogP contribution in [0.25, 0.3) is 11.3 Å². The number of halogens is 1. The summed E-state index contributed by atoms with van der Waals surface area (Å²) in [4.78, 5) is 21.4. The molecule has 0 fully saturated rings. The van der Waals surface area contributed by atoms with E-state index >= 15 is 0 Å². The van der Waals surface area contributed by atoms with Gasteiger partial charge in [-0.25, -0.2) is 4.79 Å². The van der Waals surface area contributed by atoms with E-state index in [4.69, 9.17) is 9.52 Å². The van der Waals surface area contributed by atoms with Crippen molar-refractivity contribution >= 4 is 28.2 Å². The van der Waals surface area contributed by atoms with Crippen LogP contribution in [-0.4, -0.2) is 17.4 Å². The SMILES string of the molecule is O=Cc1ccc(-c2cc(C(=O)O)ccc2Br)o1. The summed E-state index contributed by atoms with van der Waals surface area (Å²) in [7, 11) is 0. The number of hydrogen-bond donors (Lipinski definition) is 1. The predicted octanol–water partition coefficient (Wildman–Crippen LogP) is 3.22. The van der Waals surface area contributed by atoms with E-state index in [1.165, 1.54) is 18.2 Å². The van der Waals surface area contributed by atoms with Crippen molar-refractivity contribution in [1.82, 2.24) is 0 Å². The Morgan fingerprint density at radius 3 is 2.65 bits per heavy atom. The van der Waals surface area contributed by atoms with Crippen molar-refractivity contribution in [2.45, 2.75) is 0 Å². The Bertz CT molecular complexity index is 586. The zero-order valence-electron chi connectivity index (χ0n) is 8.51. The zero-order chi connectivity index (χ0) is 12.4. The normalized spacial score (nSPS) is 10.2. The molecule has 1 N–H and O–H groups in total. The minimum atomic E-state index is -1.01. The molecule has 4 nitrogen and oxygen atoms in total. The molecule has 5 heteroatoms. The second-order valence-corrected chi connectivity index (χ2v) is 4.17. The molecule has 0 spiro atoms. The molecule has 0 radical (unpaired) electrons. The highest BCUT2D eigenvalue weighted by Gasteiger charge is 2.11. The van der Waals surface area contributed by atoms with Crippen LogP contribution in [0.15, 0.2) is 39.2 Å². The van der Waals surface area contributed by atoms with Crippen LogP contribution in [0.2, 0.25) is 0 Å². The van der Waals surface area contributed by atoms with Crippen LogP contribution in [0.1, 0.15) is 20.9 Å². The van der Waals surface area contributed by atoms with Crippen LogP contribution in [-0.2, 0) is 0 Å². The molecular weight excluding hydrogens is 288 g/mol. The summed E-state index contributed by atoms with van der Waals surface area (Å²) in [5, 5.41) is 8.90. The van der Waals surface area contributed by atoms with E-state index in [2.05, 4.69) is 15.9 Å². The summed E-state index contributed by atoms with van der Waals surface area (Å²) in [6, 6.07) is 7.75. The van der Waals surface area contributed by atoms with E-state index in [1.54, 1.807) is 12.1 Å². The van der Waals surface area contributed by atoms with Crippen LogP contribution in [0, 0.1) is 0 Å². The molecule has 0 atom stereocenters. The fourth-order valence-electron chi connectivity index (χ4n) is 1.41. The van der Waals surface area contributed by atoms with Crippen molar-refractivity contribution in [2.75, 3.05) is 0 Å². The van der Waals surface area contributed by atoms with Crippen LogP contribution < -0.4 is 0 Å². The van der Waals surface area contributed by atoms with Gasteiger partial charge in [0.1, 0.15) is 5.76 Å². The van der Waals surface area contributed by atoms with Gasteiger partial charge in [0.2, 0.25) is 0 Å². The maximum atomic E-state index is 10.9. The van der Waals surface area contributed by atoms with Gasteiger partial charge in [-0.3, -0.25) is 4.79 Å². The minimum absolute atomic E-state index is 0.159. The molecular formula is C12H7BrO4. The number of carboxylic acid groups (broad SMARTS) is 1. The van der Waals surface area contributed by atoms with Crippen molar-refractivity contribution in [1.29, 1.82) is 0 Å². The lowest BCUT2D eigenvalue weighted by molar-refractivity contribution is 0.0696. The monoisotopic (exact) mass is 294 g/mol. The van der Waals surface area contributed by atoms with Gasteiger partial charge in [-0.1, -0.05) is 15.9 Å². The van der Waals surface area contributed by atoms with Crippen molar-refractivity contribution < 1.29 is 19.1 Å². The van der Waals surface area contributed by atoms with Gasteiger partial charge in [0, 0.05) is 10.0 Å². The molecule has 2 rings (SSSR count). The Labute approximate surface area is 105 Å². The molecule has 0 saturated heterocycles. The van der Waals surface area contributed by atoms with Gasteiger partial charge in [-0.2, -0.15) is 0 Å². The summed E-state index contributed by atoms with van der Waals surface area (Å²) in [6.07, 6.45) is 0.596. The highest BCUT2D eigenvalue weighted by molar-refractivity contribution is 9.10. The summed E-state index contributed by atoms with van der Waals surface area (Å²) in [6.45, 7) is 0. The Balaban J connectivity index is 2.53. The van der Waals surface area contributed by atoms with Gasteiger partial charge < -0.3 is 9.52 Å². The van der Waals surface area contributed by atoms with Crippen molar-refractivity contribution in [3.8, 4) is 11.3 Å². The summed E-state index contributed by atoms with van der Waals surface area (Å²) in [5.41, 5.74) is 0.755. The second-order valence-electron chi connectivity index (χ2n) is 3.32. The first kappa shape index (κ1) is 11.6. The lowest BCUT2D eigenvalue weighted by Gasteiger charge is -2.02. The Kier molecular flexibility index (Phi) is 3.10. The van der Waals surface area contributed by atoms with E-state index in [0.717, 1.165) is 0 Å². The van der Waals surface area contributed by atoms with Crippen LogP contribution >= 0.6 is 15.9 Å². The number of hydrogen-bond acceptors (Lipinski definition) is 3. The molecule has 1 heterocycles.